The molecule has 0 aliphatic heterocycles. The zero-order valence-corrected chi connectivity index (χ0v) is 12.2. The third kappa shape index (κ3) is 4.01. The van der Waals surface area contributed by atoms with Crippen LogP contribution in [0.4, 0.5) is 5.69 Å². The van der Waals surface area contributed by atoms with Crippen LogP contribution in [0.5, 0.6) is 0 Å². The highest BCUT2D eigenvalue weighted by Crippen LogP contribution is 2.22. The first-order chi connectivity index (χ1) is 9.69. The minimum atomic E-state index is -0.0656. The van der Waals surface area contributed by atoms with Crippen molar-refractivity contribution in [2.45, 2.75) is 6.92 Å². The van der Waals surface area contributed by atoms with Crippen molar-refractivity contribution >= 4 is 22.9 Å². The van der Waals surface area contributed by atoms with Crippen molar-refractivity contribution in [3.05, 3.63) is 47.3 Å². The summed E-state index contributed by atoms with van der Waals surface area (Å²) in [5.74, 6) is -0.0656. The molecule has 0 atom stereocenters. The molecule has 0 saturated carbocycles. The minimum absolute atomic E-state index is 0.0656. The van der Waals surface area contributed by atoms with E-state index in [9.17, 15) is 4.79 Å². The first kappa shape index (κ1) is 14.4. The Bertz CT molecular complexity index is 589. The Morgan fingerprint density at radius 3 is 2.75 bits per heavy atom. The number of amides is 1. The van der Waals surface area contributed by atoms with E-state index < -0.39 is 0 Å². The summed E-state index contributed by atoms with van der Waals surface area (Å²) in [5.41, 5.74) is 2.81. The Balaban J connectivity index is 1.94. The van der Waals surface area contributed by atoms with E-state index in [1.165, 1.54) is 0 Å². The lowest BCUT2D eigenvalue weighted by Gasteiger charge is -2.06. The molecule has 0 unspecified atom stereocenters. The number of rotatable bonds is 6. The fraction of sp³-hybridized carbons (Fsp3) is 0.200. The Morgan fingerprint density at radius 1 is 1.40 bits per heavy atom. The predicted molar refractivity (Wildman–Crippen MR) is 84.0 cm³/mol. The topological polar surface area (TPSA) is 54.0 Å². The summed E-state index contributed by atoms with van der Waals surface area (Å²) in [4.78, 5) is 16.1. The standard InChI is InChI=1S/C15H17N3OS/c1-3-8-16-9-15(19)18-13-6-4-12(5-7-13)14-10-20-11(2)17-14/h3-7,10,16H,1,8-9H2,2H3,(H,18,19). The first-order valence-electron chi connectivity index (χ1n) is 6.33. The van der Waals surface area contributed by atoms with Gasteiger partial charge < -0.3 is 10.6 Å². The van der Waals surface area contributed by atoms with Gasteiger partial charge in [0.2, 0.25) is 5.91 Å². The van der Waals surface area contributed by atoms with Crippen molar-refractivity contribution in [2.75, 3.05) is 18.4 Å². The molecule has 4 nitrogen and oxygen atoms in total. The number of aromatic nitrogens is 1. The summed E-state index contributed by atoms with van der Waals surface area (Å²) >= 11 is 1.63. The lowest BCUT2D eigenvalue weighted by molar-refractivity contribution is -0.115. The third-order valence-electron chi connectivity index (χ3n) is 2.66. The second kappa shape index (κ2) is 6.98. The van der Waals surface area contributed by atoms with Gasteiger partial charge in [0.15, 0.2) is 0 Å². The van der Waals surface area contributed by atoms with Crippen molar-refractivity contribution in [1.29, 1.82) is 0 Å². The van der Waals surface area contributed by atoms with Crippen LogP contribution in [0, 0.1) is 6.92 Å². The Morgan fingerprint density at radius 2 is 2.15 bits per heavy atom. The number of nitrogens with one attached hydrogen (secondary N) is 2. The number of hydrogen-bond acceptors (Lipinski definition) is 4. The third-order valence-corrected chi connectivity index (χ3v) is 3.43. The quantitative estimate of drug-likeness (QED) is 0.634. The summed E-state index contributed by atoms with van der Waals surface area (Å²) in [5, 5.41) is 8.86. The molecule has 0 aliphatic rings. The van der Waals surface area contributed by atoms with E-state index in [2.05, 4.69) is 22.2 Å². The molecule has 1 aromatic heterocycles. The van der Waals surface area contributed by atoms with Crippen molar-refractivity contribution in [2.24, 2.45) is 0 Å². The zero-order chi connectivity index (χ0) is 14.4. The lowest BCUT2D eigenvalue weighted by Crippen LogP contribution is -2.27. The van der Waals surface area contributed by atoms with Crippen LogP contribution in [0.1, 0.15) is 5.01 Å². The summed E-state index contributed by atoms with van der Waals surface area (Å²) in [6, 6.07) is 7.69. The van der Waals surface area contributed by atoms with E-state index in [0.29, 0.717) is 6.54 Å². The number of nitrogens with zero attached hydrogens (tertiary/aromatic N) is 1. The number of carbonyl (C=O) groups is 1. The van der Waals surface area contributed by atoms with Gasteiger partial charge in [-0.2, -0.15) is 0 Å². The minimum Gasteiger partial charge on any atom is -0.325 e. The van der Waals surface area contributed by atoms with Gasteiger partial charge in [0.1, 0.15) is 0 Å². The summed E-state index contributed by atoms with van der Waals surface area (Å²) in [6.45, 7) is 6.46. The molecule has 5 heteroatoms. The van der Waals surface area contributed by atoms with Gasteiger partial charge in [0.25, 0.3) is 0 Å². The van der Waals surface area contributed by atoms with Crippen LogP contribution < -0.4 is 10.6 Å². The van der Waals surface area contributed by atoms with Gasteiger partial charge in [0, 0.05) is 23.2 Å². The number of anilines is 1. The van der Waals surface area contributed by atoms with Gasteiger partial charge in [-0.25, -0.2) is 4.98 Å². The van der Waals surface area contributed by atoms with E-state index in [-0.39, 0.29) is 12.5 Å². The lowest BCUT2D eigenvalue weighted by atomic mass is 10.1. The van der Waals surface area contributed by atoms with Gasteiger partial charge in [-0.05, 0) is 19.1 Å². The Hall–Kier alpha value is -1.98. The van der Waals surface area contributed by atoms with E-state index in [1.54, 1.807) is 17.4 Å². The molecule has 2 N–H and O–H groups in total. The molecule has 2 aromatic rings. The highest BCUT2D eigenvalue weighted by molar-refractivity contribution is 7.09. The second-order valence-electron chi connectivity index (χ2n) is 4.30. The second-order valence-corrected chi connectivity index (χ2v) is 5.36. The molecule has 2 rings (SSSR count). The maximum Gasteiger partial charge on any atom is 0.238 e. The summed E-state index contributed by atoms with van der Waals surface area (Å²) < 4.78 is 0. The van der Waals surface area contributed by atoms with Crippen LogP contribution in [0.3, 0.4) is 0 Å². The molecular weight excluding hydrogens is 270 g/mol. The normalized spacial score (nSPS) is 10.2. The molecule has 1 amide bonds. The van der Waals surface area contributed by atoms with Crippen LogP contribution in [0.15, 0.2) is 42.3 Å². The number of carbonyl (C=O) groups excluding carboxylic acids is 1. The van der Waals surface area contributed by atoms with Crippen LogP contribution in [-0.2, 0) is 4.79 Å². The average Bonchev–Trinajstić information content (AvgIpc) is 2.86. The maximum atomic E-state index is 11.6. The molecule has 0 radical (unpaired) electrons. The van der Waals surface area contributed by atoms with Crippen LogP contribution in [0.2, 0.25) is 0 Å². The van der Waals surface area contributed by atoms with Crippen LogP contribution in [0.25, 0.3) is 11.3 Å². The van der Waals surface area contributed by atoms with Gasteiger partial charge in [-0.15, -0.1) is 17.9 Å². The van der Waals surface area contributed by atoms with Gasteiger partial charge >= 0.3 is 0 Å². The van der Waals surface area contributed by atoms with Gasteiger partial charge in [-0.1, -0.05) is 18.2 Å². The predicted octanol–water partition coefficient (Wildman–Crippen LogP) is 2.83. The molecule has 0 bridgehead atoms. The number of aryl methyl sites for hydroxylation is 1. The van der Waals surface area contributed by atoms with E-state index in [0.717, 1.165) is 22.0 Å². The SMILES string of the molecule is C=CCNCC(=O)Nc1ccc(-c2csc(C)n2)cc1. The van der Waals surface area contributed by atoms with Crippen molar-refractivity contribution in [1.82, 2.24) is 10.3 Å². The fourth-order valence-electron chi connectivity index (χ4n) is 1.71. The van der Waals surface area contributed by atoms with Crippen LogP contribution >= 0.6 is 11.3 Å². The fourth-order valence-corrected chi connectivity index (χ4v) is 2.34. The molecule has 0 aliphatic carbocycles. The molecule has 1 aromatic carbocycles. The molecule has 20 heavy (non-hydrogen) atoms. The van der Waals surface area contributed by atoms with E-state index >= 15 is 0 Å². The van der Waals surface area contributed by atoms with Crippen molar-refractivity contribution in [3.63, 3.8) is 0 Å². The van der Waals surface area contributed by atoms with Crippen LogP contribution in [-0.4, -0.2) is 24.0 Å². The summed E-state index contributed by atoms with van der Waals surface area (Å²) in [7, 11) is 0. The van der Waals surface area contributed by atoms with Gasteiger partial charge in [0.05, 0.1) is 17.2 Å². The maximum absolute atomic E-state index is 11.6. The molecular formula is C15H17N3OS. The molecule has 0 saturated heterocycles. The molecule has 0 spiro atoms. The molecule has 104 valence electrons. The van der Waals surface area contributed by atoms with E-state index in [1.807, 2.05) is 36.6 Å². The Labute approximate surface area is 122 Å². The number of thiazole rings is 1. The number of benzene rings is 1. The highest BCUT2D eigenvalue weighted by atomic mass is 32.1. The highest BCUT2D eigenvalue weighted by Gasteiger charge is 2.04. The Kier molecular flexibility index (Phi) is 5.03. The monoisotopic (exact) mass is 287 g/mol. The molecule has 1 heterocycles. The van der Waals surface area contributed by atoms with Gasteiger partial charge in [-0.3, -0.25) is 4.79 Å². The first-order valence-corrected chi connectivity index (χ1v) is 7.21. The zero-order valence-electron chi connectivity index (χ0n) is 11.3. The average molecular weight is 287 g/mol. The van der Waals surface area contributed by atoms with E-state index in [4.69, 9.17) is 0 Å². The van der Waals surface area contributed by atoms with Crippen molar-refractivity contribution < 1.29 is 4.79 Å². The van der Waals surface area contributed by atoms with Crippen molar-refractivity contribution in [3.8, 4) is 11.3 Å². The molecule has 0 fully saturated rings. The smallest absolute Gasteiger partial charge is 0.238 e. The largest absolute Gasteiger partial charge is 0.325 e. The number of hydrogen-bond donors (Lipinski definition) is 2. The summed E-state index contributed by atoms with van der Waals surface area (Å²) in [6.07, 6.45) is 1.72.